The molecule has 0 spiro atoms. The van der Waals surface area contributed by atoms with Crippen molar-refractivity contribution in [1.82, 2.24) is 0 Å². The zero-order chi connectivity index (χ0) is 47.9. The third-order valence-corrected chi connectivity index (χ3v) is 13.5. The van der Waals surface area contributed by atoms with Gasteiger partial charge in [0.15, 0.2) is 6.10 Å². The van der Waals surface area contributed by atoms with Crippen LogP contribution < -0.4 is 0 Å². The van der Waals surface area contributed by atoms with Gasteiger partial charge in [0.05, 0.1) is 0 Å². The first-order valence-electron chi connectivity index (χ1n) is 29.7. The first kappa shape index (κ1) is 64.2. The predicted molar refractivity (Wildman–Crippen MR) is 284 cm³/mol. The number of carbonyl (C=O) groups excluding carboxylic acids is 3. The van der Waals surface area contributed by atoms with Gasteiger partial charge in [-0.2, -0.15) is 0 Å². The molecule has 0 heterocycles. The van der Waals surface area contributed by atoms with E-state index in [-0.39, 0.29) is 31.1 Å². The second kappa shape index (κ2) is 55.7. The summed E-state index contributed by atoms with van der Waals surface area (Å²) in [6.45, 7) is 6.65. The average molecular weight is 932 g/mol. The monoisotopic (exact) mass is 931 g/mol. The molecule has 66 heavy (non-hydrogen) atoms. The maximum Gasteiger partial charge on any atom is 0.306 e. The van der Waals surface area contributed by atoms with Gasteiger partial charge in [0, 0.05) is 19.3 Å². The highest BCUT2D eigenvalue weighted by atomic mass is 16.6. The molecule has 1 atom stereocenters. The second-order valence-corrected chi connectivity index (χ2v) is 20.3. The van der Waals surface area contributed by atoms with Gasteiger partial charge in [0.25, 0.3) is 0 Å². The fraction of sp³-hybridized carbons (Fsp3) is 0.917. The van der Waals surface area contributed by atoms with Crippen LogP contribution in [0.3, 0.4) is 0 Å². The molecule has 0 aromatic carbocycles. The highest BCUT2D eigenvalue weighted by Gasteiger charge is 2.19. The Balaban J connectivity index is 4.07. The van der Waals surface area contributed by atoms with Crippen LogP contribution in [0.2, 0.25) is 0 Å². The van der Waals surface area contributed by atoms with Gasteiger partial charge in [-0.15, -0.1) is 0 Å². The molecule has 390 valence electrons. The van der Waals surface area contributed by atoms with Gasteiger partial charge in [-0.3, -0.25) is 14.4 Å². The van der Waals surface area contributed by atoms with Gasteiger partial charge in [-0.25, -0.2) is 0 Å². The molecule has 0 saturated carbocycles. The predicted octanol–water partition coefficient (Wildman–Crippen LogP) is 19.7. The van der Waals surface area contributed by atoms with Crippen LogP contribution in [0.4, 0.5) is 0 Å². The Morgan fingerprint density at radius 1 is 0.288 bits per heavy atom. The summed E-state index contributed by atoms with van der Waals surface area (Å²) in [6.07, 6.45) is 63.8. The lowest BCUT2D eigenvalue weighted by Crippen LogP contribution is -2.30. The highest BCUT2D eigenvalue weighted by Crippen LogP contribution is 2.18. The molecule has 0 aliphatic rings. The Labute approximate surface area is 411 Å². The Morgan fingerprint density at radius 3 is 0.758 bits per heavy atom. The smallest absolute Gasteiger partial charge is 0.306 e. The number of rotatable bonds is 55. The third kappa shape index (κ3) is 53.1. The van der Waals surface area contributed by atoms with Gasteiger partial charge < -0.3 is 14.2 Å². The molecule has 0 fully saturated rings. The summed E-state index contributed by atoms with van der Waals surface area (Å²) in [4.78, 5) is 37.9. The van der Waals surface area contributed by atoms with Crippen molar-refractivity contribution in [2.75, 3.05) is 13.2 Å². The van der Waals surface area contributed by atoms with Crippen LogP contribution in [0.25, 0.3) is 0 Å². The van der Waals surface area contributed by atoms with Crippen molar-refractivity contribution in [3.63, 3.8) is 0 Å². The fourth-order valence-corrected chi connectivity index (χ4v) is 9.03. The molecular formula is C60H114O6. The van der Waals surface area contributed by atoms with Crippen molar-refractivity contribution in [1.29, 1.82) is 0 Å². The lowest BCUT2D eigenvalue weighted by molar-refractivity contribution is -0.167. The Bertz CT molecular complexity index is 1020. The quantitative estimate of drug-likeness (QED) is 0.0262. The highest BCUT2D eigenvalue weighted by molar-refractivity contribution is 5.71. The van der Waals surface area contributed by atoms with E-state index in [0.717, 1.165) is 64.2 Å². The molecule has 0 bridgehead atoms. The van der Waals surface area contributed by atoms with E-state index in [1.165, 1.54) is 231 Å². The van der Waals surface area contributed by atoms with E-state index in [9.17, 15) is 14.4 Å². The van der Waals surface area contributed by atoms with E-state index in [0.29, 0.717) is 19.3 Å². The topological polar surface area (TPSA) is 78.9 Å². The zero-order valence-corrected chi connectivity index (χ0v) is 44.7. The lowest BCUT2D eigenvalue weighted by Gasteiger charge is -2.18. The van der Waals surface area contributed by atoms with Crippen LogP contribution in [0, 0.1) is 0 Å². The lowest BCUT2D eigenvalue weighted by atomic mass is 10.0. The summed E-state index contributed by atoms with van der Waals surface area (Å²) >= 11 is 0. The summed E-state index contributed by atoms with van der Waals surface area (Å²) in [5.41, 5.74) is 0. The van der Waals surface area contributed by atoms with Crippen LogP contribution in [0.15, 0.2) is 12.2 Å². The molecule has 0 radical (unpaired) electrons. The van der Waals surface area contributed by atoms with Crippen molar-refractivity contribution in [2.45, 2.75) is 341 Å². The number of allylic oxidation sites excluding steroid dienone is 2. The third-order valence-electron chi connectivity index (χ3n) is 13.5. The van der Waals surface area contributed by atoms with Gasteiger partial charge in [0.1, 0.15) is 13.2 Å². The molecule has 0 aromatic heterocycles. The van der Waals surface area contributed by atoms with Crippen molar-refractivity contribution in [2.24, 2.45) is 0 Å². The molecule has 0 rings (SSSR count). The number of carbonyl (C=O) groups is 3. The van der Waals surface area contributed by atoms with Crippen LogP contribution in [0.1, 0.15) is 335 Å². The van der Waals surface area contributed by atoms with Crippen LogP contribution in [-0.2, 0) is 28.6 Å². The Kier molecular flexibility index (Phi) is 54.2. The molecule has 0 aliphatic carbocycles. The van der Waals surface area contributed by atoms with E-state index in [2.05, 4.69) is 32.9 Å². The molecule has 6 nitrogen and oxygen atoms in total. The zero-order valence-electron chi connectivity index (χ0n) is 44.7. The van der Waals surface area contributed by atoms with E-state index in [1.54, 1.807) is 0 Å². The molecule has 1 unspecified atom stereocenters. The van der Waals surface area contributed by atoms with Crippen molar-refractivity contribution < 1.29 is 28.6 Å². The van der Waals surface area contributed by atoms with E-state index in [1.807, 2.05) is 0 Å². The standard InChI is InChI=1S/C60H114O6/c1-4-7-10-13-16-19-21-23-25-26-27-28-29-30-31-32-33-34-35-36-38-39-41-44-47-50-53-59(62)65-56-57(55-64-58(61)52-49-46-43-18-15-12-9-6-3)66-60(63)54-51-48-45-42-40-37-24-22-20-17-14-11-8-5-2/h22,24,57H,4-21,23,25-56H2,1-3H3/b24-22-. The summed E-state index contributed by atoms with van der Waals surface area (Å²) in [7, 11) is 0. The summed E-state index contributed by atoms with van der Waals surface area (Å²) in [5, 5.41) is 0. The SMILES string of the molecule is CCCCCCC/C=C\CCCCCCCC(=O)OC(COC(=O)CCCCCCCCCC)COC(=O)CCCCCCCCCCCCCCCCCCCCCCCCCCCC. The van der Waals surface area contributed by atoms with Crippen LogP contribution >= 0.6 is 0 Å². The summed E-state index contributed by atoms with van der Waals surface area (Å²) < 4.78 is 16.8. The Morgan fingerprint density at radius 2 is 0.500 bits per heavy atom. The summed E-state index contributed by atoms with van der Waals surface area (Å²) in [5.74, 6) is -0.860. The number of unbranched alkanes of at least 4 members (excludes halogenated alkanes) is 42. The fourth-order valence-electron chi connectivity index (χ4n) is 9.03. The number of esters is 3. The Hall–Kier alpha value is -1.85. The van der Waals surface area contributed by atoms with E-state index >= 15 is 0 Å². The minimum atomic E-state index is -0.767. The van der Waals surface area contributed by atoms with Crippen LogP contribution in [-0.4, -0.2) is 37.2 Å². The largest absolute Gasteiger partial charge is 0.462 e. The molecule has 0 saturated heterocycles. The molecule has 0 aromatic rings. The summed E-state index contributed by atoms with van der Waals surface area (Å²) in [6, 6.07) is 0. The van der Waals surface area contributed by atoms with Crippen LogP contribution in [0.5, 0.6) is 0 Å². The van der Waals surface area contributed by atoms with Gasteiger partial charge in [0.2, 0.25) is 0 Å². The second-order valence-electron chi connectivity index (χ2n) is 20.3. The molecule has 0 aliphatic heterocycles. The first-order valence-corrected chi connectivity index (χ1v) is 29.7. The molecule has 6 heteroatoms. The normalized spacial score (nSPS) is 12.0. The molecule has 0 N–H and O–H groups in total. The number of ether oxygens (including phenoxy) is 3. The van der Waals surface area contributed by atoms with Gasteiger partial charge in [-0.1, -0.05) is 283 Å². The van der Waals surface area contributed by atoms with E-state index < -0.39 is 6.10 Å². The minimum absolute atomic E-state index is 0.0681. The number of hydrogen-bond donors (Lipinski definition) is 0. The van der Waals surface area contributed by atoms with E-state index in [4.69, 9.17) is 14.2 Å². The maximum absolute atomic E-state index is 12.8. The van der Waals surface area contributed by atoms with Crippen molar-refractivity contribution in [3.05, 3.63) is 12.2 Å². The van der Waals surface area contributed by atoms with Gasteiger partial charge in [-0.05, 0) is 44.9 Å². The maximum atomic E-state index is 12.8. The van der Waals surface area contributed by atoms with Crippen molar-refractivity contribution in [3.8, 4) is 0 Å². The molecule has 0 amide bonds. The van der Waals surface area contributed by atoms with Gasteiger partial charge >= 0.3 is 17.9 Å². The average Bonchev–Trinajstić information content (AvgIpc) is 3.31. The minimum Gasteiger partial charge on any atom is -0.462 e. The first-order chi connectivity index (χ1) is 32.5. The number of hydrogen-bond acceptors (Lipinski definition) is 6. The van der Waals surface area contributed by atoms with Crippen molar-refractivity contribution >= 4 is 17.9 Å². The molecular weight excluding hydrogens is 817 g/mol.